The SMILES string of the molecule is Cc1cc(NCC2CCCCN2CCn2nc3c(cc2=O)CSCC3)nc2ccccc12. The van der Waals surface area contributed by atoms with Crippen molar-refractivity contribution in [3.8, 4) is 0 Å². The van der Waals surface area contributed by atoms with Crippen molar-refractivity contribution in [3.05, 3.63) is 63.6 Å². The normalized spacial score (nSPS) is 19.1. The summed E-state index contributed by atoms with van der Waals surface area (Å²) in [5.74, 6) is 2.96. The second-order valence-corrected chi connectivity index (χ2v) is 9.99. The molecule has 1 aromatic carbocycles. The van der Waals surface area contributed by atoms with Crippen LogP contribution >= 0.6 is 11.8 Å². The molecule has 1 unspecified atom stereocenters. The molecule has 0 amide bonds. The molecule has 0 radical (unpaired) electrons. The number of hydrogen-bond donors (Lipinski definition) is 1. The van der Waals surface area contributed by atoms with Crippen molar-refractivity contribution in [1.29, 1.82) is 0 Å². The monoisotopic (exact) mass is 449 g/mol. The molecule has 2 aliphatic heterocycles. The Balaban J connectivity index is 1.24. The third kappa shape index (κ3) is 4.69. The van der Waals surface area contributed by atoms with Crippen molar-refractivity contribution < 1.29 is 0 Å². The minimum Gasteiger partial charge on any atom is -0.368 e. The van der Waals surface area contributed by atoms with E-state index in [1.165, 1.54) is 30.2 Å². The van der Waals surface area contributed by atoms with E-state index in [1.807, 2.05) is 17.8 Å². The molecule has 1 saturated heterocycles. The summed E-state index contributed by atoms with van der Waals surface area (Å²) >= 11 is 1.88. The van der Waals surface area contributed by atoms with Crippen molar-refractivity contribution in [1.82, 2.24) is 19.7 Å². The van der Waals surface area contributed by atoms with E-state index in [-0.39, 0.29) is 5.56 Å². The van der Waals surface area contributed by atoms with E-state index in [4.69, 9.17) is 10.1 Å². The van der Waals surface area contributed by atoms with E-state index >= 15 is 0 Å². The van der Waals surface area contributed by atoms with Crippen LogP contribution < -0.4 is 10.9 Å². The number of likely N-dealkylation sites (tertiary alicyclic amines) is 1. The van der Waals surface area contributed by atoms with Crippen LogP contribution in [0.1, 0.15) is 36.1 Å². The van der Waals surface area contributed by atoms with E-state index in [2.05, 4.69) is 41.4 Å². The molecule has 0 saturated carbocycles. The third-order valence-corrected chi connectivity index (χ3v) is 7.70. The van der Waals surface area contributed by atoms with Gasteiger partial charge in [0.25, 0.3) is 5.56 Å². The summed E-state index contributed by atoms with van der Waals surface area (Å²) in [5, 5.41) is 9.49. The molecule has 4 heterocycles. The van der Waals surface area contributed by atoms with Gasteiger partial charge in [-0.05, 0) is 55.3 Å². The van der Waals surface area contributed by atoms with Crippen LogP contribution in [0.25, 0.3) is 10.9 Å². The summed E-state index contributed by atoms with van der Waals surface area (Å²) in [6, 6.07) is 12.7. The number of aryl methyl sites for hydroxylation is 2. The third-order valence-electron chi connectivity index (χ3n) is 6.69. The Kier molecular flexibility index (Phi) is 6.46. The summed E-state index contributed by atoms with van der Waals surface area (Å²) in [6.07, 6.45) is 4.60. The number of nitrogens with one attached hydrogen (secondary N) is 1. The van der Waals surface area contributed by atoms with Crippen LogP contribution in [-0.4, -0.2) is 51.1 Å². The van der Waals surface area contributed by atoms with Crippen LogP contribution in [0.3, 0.4) is 0 Å². The number of para-hydroxylation sites is 1. The highest BCUT2D eigenvalue weighted by Crippen LogP contribution is 2.23. The number of anilines is 1. The summed E-state index contributed by atoms with van der Waals surface area (Å²) in [6.45, 7) is 5.60. The number of nitrogens with zero attached hydrogens (tertiary/aromatic N) is 4. The van der Waals surface area contributed by atoms with Crippen molar-refractivity contribution in [2.24, 2.45) is 0 Å². The topological polar surface area (TPSA) is 63.1 Å². The summed E-state index contributed by atoms with van der Waals surface area (Å²) in [4.78, 5) is 19.9. The van der Waals surface area contributed by atoms with Crippen LogP contribution in [0.4, 0.5) is 5.82 Å². The second kappa shape index (κ2) is 9.63. The maximum Gasteiger partial charge on any atom is 0.267 e. The van der Waals surface area contributed by atoms with Gasteiger partial charge in [-0.25, -0.2) is 9.67 Å². The molecule has 0 spiro atoms. The van der Waals surface area contributed by atoms with Crippen LogP contribution in [0.5, 0.6) is 0 Å². The average Bonchev–Trinajstić information content (AvgIpc) is 2.82. The van der Waals surface area contributed by atoms with E-state index in [1.54, 1.807) is 10.7 Å². The van der Waals surface area contributed by atoms with E-state index in [0.717, 1.165) is 60.2 Å². The van der Waals surface area contributed by atoms with Gasteiger partial charge in [-0.1, -0.05) is 24.6 Å². The Hall–Kier alpha value is -2.38. The molecule has 7 heteroatoms. The Labute approximate surface area is 193 Å². The number of thioether (sulfide) groups is 1. The lowest BCUT2D eigenvalue weighted by atomic mass is 10.0. The maximum atomic E-state index is 12.5. The first-order chi connectivity index (χ1) is 15.7. The molecular weight excluding hydrogens is 418 g/mol. The molecule has 3 aromatic rings. The Morgan fingerprint density at radius 2 is 2.09 bits per heavy atom. The largest absolute Gasteiger partial charge is 0.368 e. The molecule has 6 nitrogen and oxygen atoms in total. The molecular formula is C25H31N5OS. The maximum absolute atomic E-state index is 12.5. The van der Waals surface area contributed by atoms with Crippen LogP contribution in [0, 0.1) is 6.92 Å². The summed E-state index contributed by atoms with van der Waals surface area (Å²) in [7, 11) is 0. The number of rotatable bonds is 6. The first-order valence-corrected chi connectivity index (χ1v) is 12.8. The van der Waals surface area contributed by atoms with Crippen molar-refractivity contribution in [2.45, 2.75) is 50.9 Å². The fraction of sp³-hybridized carbons (Fsp3) is 0.480. The fourth-order valence-corrected chi connectivity index (χ4v) is 5.84. The van der Waals surface area contributed by atoms with Gasteiger partial charge >= 0.3 is 0 Å². The zero-order valence-electron chi connectivity index (χ0n) is 18.7. The molecule has 0 aliphatic carbocycles. The highest BCUT2D eigenvalue weighted by atomic mass is 32.2. The first kappa shape index (κ1) is 21.5. The van der Waals surface area contributed by atoms with Gasteiger partial charge in [-0.3, -0.25) is 9.69 Å². The Morgan fingerprint density at radius 1 is 1.19 bits per heavy atom. The van der Waals surface area contributed by atoms with Gasteiger partial charge in [0, 0.05) is 42.8 Å². The molecule has 1 fully saturated rings. The smallest absolute Gasteiger partial charge is 0.267 e. The summed E-state index contributed by atoms with van der Waals surface area (Å²) < 4.78 is 1.68. The predicted octanol–water partition coefficient (Wildman–Crippen LogP) is 3.86. The molecule has 1 atom stereocenters. The van der Waals surface area contributed by atoms with Crippen LogP contribution in [0.15, 0.2) is 41.2 Å². The van der Waals surface area contributed by atoms with E-state index in [0.29, 0.717) is 12.6 Å². The van der Waals surface area contributed by atoms with Crippen molar-refractivity contribution in [3.63, 3.8) is 0 Å². The molecule has 32 heavy (non-hydrogen) atoms. The van der Waals surface area contributed by atoms with Gasteiger partial charge in [-0.2, -0.15) is 16.9 Å². The number of hydrogen-bond acceptors (Lipinski definition) is 6. The van der Waals surface area contributed by atoms with Gasteiger partial charge in [0.05, 0.1) is 17.8 Å². The van der Waals surface area contributed by atoms with Gasteiger partial charge in [0.15, 0.2) is 0 Å². The molecule has 168 valence electrons. The number of benzene rings is 1. The Morgan fingerprint density at radius 3 is 3.03 bits per heavy atom. The minimum absolute atomic E-state index is 0.0359. The molecule has 2 aromatic heterocycles. The predicted molar refractivity (Wildman–Crippen MR) is 133 cm³/mol. The van der Waals surface area contributed by atoms with Crippen LogP contribution in [0.2, 0.25) is 0 Å². The fourth-order valence-electron chi connectivity index (χ4n) is 4.88. The molecule has 0 bridgehead atoms. The van der Waals surface area contributed by atoms with Gasteiger partial charge in [0.2, 0.25) is 0 Å². The zero-order chi connectivity index (χ0) is 21.9. The van der Waals surface area contributed by atoms with Crippen LogP contribution in [-0.2, 0) is 18.7 Å². The lowest BCUT2D eigenvalue weighted by molar-refractivity contribution is 0.148. The number of pyridine rings is 1. The second-order valence-electron chi connectivity index (χ2n) is 8.89. The van der Waals surface area contributed by atoms with E-state index in [9.17, 15) is 4.79 Å². The van der Waals surface area contributed by atoms with Crippen molar-refractivity contribution >= 4 is 28.5 Å². The highest BCUT2D eigenvalue weighted by molar-refractivity contribution is 7.98. The molecule has 2 aliphatic rings. The van der Waals surface area contributed by atoms with Gasteiger partial charge in [-0.15, -0.1) is 0 Å². The Bertz CT molecular complexity index is 1160. The van der Waals surface area contributed by atoms with Gasteiger partial charge < -0.3 is 5.32 Å². The lowest BCUT2D eigenvalue weighted by Gasteiger charge is -2.36. The molecule has 1 N–H and O–H groups in total. The molecule has 5 rings (SSSR count). The average molecular weight is 450 g/mol. The van der Waals surface area contributed by atoms with Crippen molar-refractivity contribution in [2.75, 3.05) is 30.7 Å². The quantitative estimate of drug-likeness (QED) is 0.617. The highest BCUT2D eigenvalue weighted by Gasteiger charge is 2.23. The lowest BCUT2D eigenvalue weighted by Crippen LogP contribution is -2.45. The first-order valence-electron chi connectivity index (χ1n) is 11.7. The summed E-state index contributed by atoms with van der Waals surface area (Å²) in [5.41, 5.74) is 4.55. The number of aromatic nitrogens is 3. The minimum atomic E-state index is 0.0359. The standard InChI is InChI=1S/C25H31N5OS/c1-18-14-24(27-23-8-3-2-7-21(18)23)26-16-20-6-4-5-10-29(20)11-12-30-25(31)15-19-17-32-13-9-22(19)28-30/h2-3,7-8,14-15,20H,4-6,9-13,16-17H2,1H3,(H,26,27). The zero-order valence-corrected chi connectivity index (χ0v) is 19.5. The van der Waals surface area contributed by atoms with Gasteiger partial charge in [0.1, 0.15) is 5.82 Å². The number of fused-ring (bicyclic) bond motifs is 2. The van der Waals surface area contributed by atoms with E-state index < -0.39 is 0 Å². The number of piperidine rings is 1.